The number of ether oxygens (including phenoxy) is 1. The first-order chi connectivity index (χ1) is 8.67. The zero-order chi connectivity index (χ0) is 13.1. The summed E-state index contributed by atoms with van der Waals surface area (Å²) in [7, 11) is 0. The molecule has 1 heterocycles. The maximum absolute atomic E-state index is 11.7. The number of rotatable bonds is 3. The molecule has 0 spiro atoms. The minimum Gasteiger partial charge on any atom is -0.461 e. The molecule has 0 saturated heterocycles. The summed E-state index contributed by atoms with van der Waals surface area (Å²) in [6.07, 6.45) is 0. The van der Waals surface area contributed by atoms with E-state index in [-0.39, 0.29) is 12.3 Å². The smallest absolute Gasteiger partial charge is 0.361 e. The number of nitrogens with zero attached hydrogens (tertiary/aromatic N) is 1. The van der Waals surface area contributed by atoms with Gasteiger partial charge in [0.05, 0.1) is 6.61 Å². The number of hydrogen-bond donors (Lipinski definition) is 1. The molecule has 1 N–H and O–H groups in total. The monoisotopic (exact) mass is 283 g/mol. The van der Waals surface area contributed by atoms with Crippen LogP contribution in [0.4, 0.5) is 0 Å². The van der Waals surface area contributed by atoms with Gasteiger partial charge in [-0.3, -0.25) is 0 Å². The highest BCUT2D eigenvalue weighted by molar-refractivity contribution is 7.17. The van der Waals surface area contributed by atoms with E-state index in [4.69, 9.17) is 21.5 Å². The van der Waals surface area contributed by atoms with Gasteiger partial charge in [-0.05, 0) is 25.1 Å². The van der Waals surface area contributed by atoms with E-state index in [1.165, 1.54) is 11.3 Å². The Kier molecular flexibility index (Phi) is 3.84. The predicted octanol–water partition coefficient (Wildman–Crippen LogP) is 3.30. The van der Waals surface area contributed by atoms with Gasteiger partial charge in [0.15, 0.2) is 5.71 Å². The van der Waals surface area contributed by atoms with Gasteiger partial charge in [-0.1, -0.05) is 16.8 Å². The Labute approximate surface area is 112 Å². The summed E-state index contributed by atoms with van der Waals surface area (Å²) in [4.78, 5) is 11.7. The molecule has 0 aliphatic heterocycles. The second-order valence-electron chi connectivity index (χ2n) is 3.46. The van der Waals surface area contributed by atoms with Gasteiger partial charge in [-0.2, -0.15) is 0 Å². The second kappa shape index (κ2) is 5.37. The lowest BCUT2D eigenvalue weighted by atomic mass is 10.1. The number of oxime groups is 1. The average molecular weight is 284 g/mol. The Morgan fingerprint density at radius 1 is 1.56 bits per heavy atom. The molecule has 0 amide bonds. The summed E-state index contributed by atoms with van der Waals surface area (Å²) in [5, 5.41) is 15.1. The van der Waals surface area contributed by atoms with Crippen molar-refractivity contribution < 1.29 is 14.7 Å². The number of carbonyl (C=O) groups is 1. The zero-order valence-corrected chi connectivity index (χ0v) is 11.1. The van der Waals surface area contributed by atoms with Crippen molar-refractivity contribution in [2.75, 3.05) is 6.61 Å². The first-order valence-electron chi connectivity index (χ1n) is 5.23. The summed E-state index contributed by atoms with van der Waals surface area (Å²) in [6.45, 7) is 1.91. The topological polar surface area (TPSA) is 58.9 Å². The molecule has 0 aliphatic rings. The highest BCUT2D eigenvalue weighted by Crippen LogP contribution is 2.29. The number of thiophene rings is 1. The molecule has 0 unspecified atom stereocenters. The predicted molar refractivity (Wildman–Crippen MR) is 71.8 cm³/mol. The largest absolute Gasteiger partial charge is 0.461 e. The molecule has 1 aromatic heterocycles. The average Bonchev–Trinajstić information content (AvgIpc) is 2.74. The van der Waals surface area contributed by atoms with Crippen molar-refractivity contribution in [1.29, 1.82) is 0 Å². The van der Waals surface area contributed by atoms with E-state index in [2.05, 4.69) is 5.16 Å². The van der Waals surface area contributed by atoms with Crippen LogP contribution in [-0.2, 0) is 9.53 Å². The van der Waals surface area contributed by atoms with Crippen molar-refractivity contribution in [3.63, 3.8) is 0 Å². The van der Waals surface area contributed by atoms with Crippen LogP contribution in [0.3, 0.4) is 0 Å². The lowest BCUT2D eigenvalue weighted by Crippen LogP contribution is -2.18. The van der Waals surface area contributed by atoms with Crippen LogP contribution in [0.25, 0.3) is 10.1 Å². The summed E-state index contributed by atoms with van der Waals surface area (Å²) in [5.74, 6) is -0.653. The van der Waals surface area contributed by atoms with Crippen molar-refractivity contribution >= 4 is 44.7 Å². The fourth-order valence-corrected chi connectivity index (χ4v) is 2.69. The first kappa shape index (κ1) is 12.9. The summed E-state index contributed by atoms with van der Waals surface area (Å²) in [5.41, 5.74) is 0.420. The van der Waals surface area contributed by atoms with Crippen LogP contribution < -0.4 is 0 Å². The quantitative estimate of drug-likeness (QED) is 0.407. The van der Waals surface area contributed by atoms with Crippen LogP contribution in [0.1, 0.15) is 12.5 Å². The molecule has 0 atom stereocenters. The maximum Gasteiger partial charge on any atom is 0.361 e. The third kappa shape index (κ3) is 2.32. The zero-order valence-electron chi connectivity index (χ0n) is 9.51. The van der Waals surface area contributed by atoms with Gasteiger partial charge >= 0.3 is 5.97 Å². The normalized spacial score (nSPS) is 11.8. The molecular formula is C12H10ClNO3S. The van der Waals surface area contributed by atoms with E-state index in [1.807, 2.05) is 6.07 Å². The summed E-state index contributed by atoms with van der Waals surface area (Å²) in [6, 6.07) is 5.35. The van der Waals surface area contributed by atoms with Crippen LogP contribution in [-0.4, -0.2) is 23.5 Å². The third-order valence-electron chi connectivity index (χ3n) is 2.36. The van der Waals surface area contributed by atoms with E-state index < -0.39 is 5.97 Å². The lowest BCUT2D eigenvalue weighted by molar-refractivity contribution is -0.135. The van der Waals surface area contributed by atoms with Crippen molar-refractivity contribution in [2.24, 2.45) is 5.16 Å². The molecule has 2 aromatic rings. The van der Waals surface area contributed by atoms with E-state index in [9.17, 15) is 4.79 Å². The first-order valence-corrected chi connectivity index (χ1v) is 6.49. The van der Waals surface area contributed by atoms with Crippen LogP contribution in [0.15, 0.2) is 28.7 Å². The molecular weight excluding hydrogens is 274 g/mol. The summed E-state index contributed by atoms with van der Waals surface area (Å²) >= 11 is 7.37. The Hall–Kier alpha value is -1.59. The van der Waals surface area contributed by atoms with Crippen molar-refractivity contribution in [3.05, 3.63) is 34.2 Å². The van der Waals surface area contributed by atoms with E-state index in [0.717, 1.165) is 10.1 Å². The number of esters is 1. The van der Waals surface area contributed by atoms with E-state index in [1.54, 1.807) is 24.4 Å². The molecule has 2 rings (SSSR count). The fourth-order valence-electron chi connectivity index (χ4n) is 1.59. The van der Waals surface area contributed by atoms with Crippen molar-refractivity contribution in [2.45, 2.75) is 6.92 Å². The molecule has 4 nitrogen and oxygen atoms in total. The molecule has 0 saturated carbocycles. The third-order valence-corrected chi connectivity index (χ3v) is 3.56. The number of halogens is 1. The van der Waals surface area contributed by atoms with Gasteiger partial charge in [-0.15, -0.1) is 11.3 Å². The van der Waals surface area contributed by atoms with E-state index >= 15 is 0 Å². The molecule has 6 heteroatoms. The number of benzene rings is 1. The Balaban J connectivity index is 2.52. The van der Waals surface area contributed by atoms with Crippen LogP contribution in [0, 0.1) is 0 Å². The molecule has 0 bridgehead atoms. The SMILES string of the molecule is CCOC(=O)/C(=N/O)c1csc2ccc(Cl)cc12. The van der Waals surface area contributed by atoms with Gasteiger partial charge in [-0.25, -0.2) is 4.79 Å². The fraction of sp³-hybridized carbons (Fsp3) is 0.167. The van der Waals surface area contributed by atoms with Crippen LogP contribution >= 0.6 is 22.9 Å². The second-order valence-corrected chi connectivity index (χ2v) is 4.81. The number of carbonyl (C=O) groups excluding carboxylic acids is 1. The minimum absolute atomic E-state index is 0.106. The molecule has 1 aromatic carbocycles. The van der Waals surface area contributed by atoms with Gasteiger partial charge < -0.3 is 9.94 Å². The molecule has 0 aliphatic carbocycles. The van der Waals surface area contributed by atoms with Crippen LogP contribution in [0.5, 0.6) is 0 Å². The minimum atomic E-state index is -0.653. The van der Waals surface area contributed by atoms with E-state index in [0.29, 0.717) is 10.6 Å². The molecule has 0 radical (unpaired) electrons. The van der Waals surface area contributed by atoms with Crippen molar-refractivity contribution in [3.8, 4) is 0 Å². The molecule has 18 heavy (non-hydrogen) atoms. The van der Waals surface area contributed by atoms with Gasteiger partial charge in [0.2, 0.25) is 0 Å². The number of hydrogen-bond acceptors (Lipinski definition) is 5. The summed E-state index contributed by atoms with van der Waals surface area (Å²) < 4.78 is 5.80. The highest BCUT2D eigenvalue weighted by Gasteiger charge is 2.20. The van der Waals surface area contributed by atoms with Crippen LogP contribution in [0.2, 0.25) is 5.02 Å². The maximum atomic E-state index is 11.7. The lowest BCUT2D eigenvalue weighted by Gasteiger charge is -2.03. The standard InChI is InChI=1S/C12H10ClNO3S/c1-2-17-12(15)11(14-16)9-6-18-10-4-3-7(13)5-8(9)10/h3-6,16H,2H2,1H3/b14-11+. The van der Waals surface area contributed by atoms with Crippen molar-refractivity contribution in [1.82, 2.24) is 0 Å². The van der Waals surface area contributed by atoms with Gasteiger partial charge in [0, 0.05) is 26.1 Å². The van der Waals surface area contributed by atoms with Gasteiger partial charge in [0.25, 0.3) is 0 Å². The highest BCUT2D eigenvalue weighted by atomic mass is 35.5. The number of fused-ring (bicyclic) bond motifs is 1. The van der Waals surface area contributed by atoms with Gasteiger partial charge in [0.1, 0.15) is 0 Å². The Morgan fingerprint density at radius 3 is 3.00 bits per heavy atom. The Bertz CT molecular complexity index is 621. The molecule has 94 valence electrons. The molecule has 0 fully saturated rings. The Morgan fingerprint density at radius 2 is 2.33 bits per heavy atom.